The first-order valence-corrected chi connectivity index (χ1v) is 10.9. The van der Waals surface area contributed by atoms with Crippen LogP contribution in [-0.2, 0) is 14.8 Å². The first-order valence-electron chi connectivity index (χ1n) is 9.42. The number of nitro benzene ring substituents is 1. The quantitative estimate of drug-likeness (QED) is 0.583. The Labute approximate surface area is 160 Å². The van der Waals surface area contributed by atoms with Gasteiger partial charge in [-0.25, -0.2) is 13.1 Å². The van der Waals surface area contributed by atoms with Crippen LogP contribution in [0.2, 0.25) is 0 Å². The van der Waals surface area contributed by atoms with Crippen LogP contribution in [0.15, 0.2) is 23.1 Å². The molecule has 0 unspecified atom stereocenters. The van der Waals surface area contributed by atoms with Gasteiger partial charge in [0.25, 0.3) is 5.69 Å². The van der Waals surface area contributed by atoms with Crippen LogP contribution in [0.3, 0.4) is 0 Å². The fourth-order valence-electron chi connectivity index (χ4n) is 4.15. The highest BCUT2D eigenvalue weighted by Crippen LogP contribution is 2.34. The van der Waals surface area contributed by atoms with Crippen molar-refractivity contribution in [2.24, 2.45) is 0 Å². The molecule has 27 heavy (non-hydrogen) atoms. The fourth-order valence-corrected chi connectivity index (χ4v) is 5.53. The maximum atomic E-state index is 12.9. The molecule has 1 heterocycles. The zero-order chi connectivity index (χ0) is 19.5. The second-order valence-electron chi connectivity index (χ2n) is 7.42. The third-order valence-electron chi connectivity index (χ3n) is 5.73. The Morgan fingerprint density at radius 3 is 2.52 bits per heavy atom. The van der Waals surface area contributed by atoms with Crippen molar-refractivity contribution >= 4 is 15.7 Å². The average Bonchev–Trinajstić information content (AvgIpc) is 2.68. The van der Waals surface area contributed by atoms with E-state index >= 15 is 0 Å². The molecule has 1 aliphatic heterocycles. The normalized spacial score (nSPS) is 21.1. The van der Waals surface area contributed by atoms with Crippen LogP contribution in [0, 0.1) is 17.0 Å². The molecule has 2 fully saturated rings. The number of sulfonamides is 1. The lowest BCUT2D eigenvalue weighted by molar-refractivity contribution is -0.385. The molecule has 150 valence electrons. The van der Waals surface area contributed by atoms with E-state index in [1.165, 1.54) is 18.6 Å². The zero-order valence-electron chi connectivity index (χ0n) is 15.6. The van der Waals surface area contributed by atoms with Crippen LogP contribution in [0.25, 0.3) is 0 Å². The number of nitro groups is 1. The topological polar surface area (TPSA) is 102 Å². The monoisotopic (exact) mass is 397 g/mol. The summed E-state index contributed by atoms with van der Waals surface area (Å²) in [6, 6.07) is 3.94. The van der Waals surface area contributed by atoms with Crippen molar-refractivity contribution in [2.45, 2.75) is 49.5 Å². The Morgan fingerprint density at radius 1 is 1.22 bits per heavy atom. The minimum absolute atomic E-state index is 0.0235. The number of ether oxygens (including phenoxy) is 1. The summed E-state index contributed by atoms with van der Waals surface area (Å²) in [5.74, 6) is 0. The van der Waals surface area contributed by atoms with E-state index in [9.17, 15) is 18.5 Å². The van der Waals surface area contributed by atoms with E-state index in [0.717, 1.165) is 44.8 Å². The summed E-state index contributed by atoms with van der Waals surface area (Å²) in [7, 11) is -3.84. The van der Waals surface area contributed by atoms with E-state index < -0.39 is 14.9 Å². The number of nitrogens with one attached hydrogen (secondary N) is 1. The van der Waals surface area contributed by atoms with Crippen LogP contribution >= 0.6 is 0 Å². The van der Waals surface area contributed by atoms with Gasteiger partial charge < -0.3 is 4.74 Å². The maximum absolute atomic E-state index is 12.9. The van der Waals surface area contributed by atoms with Gasteiger partial charge in [0.2, 0.25) is 10.0 Å². The van der Waals surface area contributed by atoms with Crippen molar-refractivity contribution in [1.82, 2.24) is 9.62 Å². The van der Waals surface area contributed by atoms with Crippen molar-refractivity contribution in [2.75, 3.05) is 32.8 Å². The van der Waals surface area contributed by atoms with Gasteiger partial charge >= 0.3 is 0 Å². The minimum Gasteiger partial charge on any atom is -0.379 e. The van der Waals surface area contributed by atoms with Gasteiger partial charge in [0.1, 0.15) is 0 Å². The predicted molar refractivity (Wildman–Crippen MR) is 101 cm³/mol. The predicted octanol–water partition coefficient (Wildman–Crippen LogP) is 2.22. The molecule has 1 saturated heterocycles. The molecule has 8 nitrogen and oxygen atoms in total. The number of nitrogens with zero attached hydrogens (tertiary/aromatic N) is 2. The second kappa shape index (κ2) is 8.22. The minimum atomic E-state index is -3.84. The van der Waals surface area contributed by atoms with Crippen molar-refractivity contribution in [1.29, 1.82) is 0 Å². The Balaban J connectivity index is 1.82. The highest BCUT2D eigenvalue weighted by molar-refractivity contribution is 7.89. The number of non-ortho nitro benzene ring substituents is 1. The van der Waals surface area contributed by atoms with Crippen molar-refractivity contribution in [3.63, 3.8) is 0 Å². The van der Waals surface area contributed by atoms with E-state index in [4.69, 9.17) is 4.74 Å². The standard InChI is InChI=1S/C18H27N3O5S/c1-15-5-6-16(21(22)23)13-17(15)27(24,25)19-14-18(7-3-2-4-8-18)20-9-11-26-12-10-20/h5-6,13,19H,2-4,7-12,14H2,1H3. The summed E-state index contributed by atoms with van der Waals surface area (Å²) >= 11 is 0. The molecular weight excluding hydrogens is 370 g/mol. The van der Waals surface area contributed by atoms with E-state index in [2.05, 4.69) is 9.62 Å². The lowest BCUT2D eigenvalue weighted by Crippen LogP contribution is -2.59. The van der Waals surface area contributed by atoms with E-state index in [-0.39, 0.29) is 16.1 Å². The molecule has 1 aromatic rings. The molecule has 0 bridgehead atoms. The molecule has 0 amide bonds. The summed E-state index contributed by atoms with van der Waals surface area (Å²) < 4.78 is 34.1. The molecule has 9 heteroatoms. The van der Waals surface area contributed by atoms with Gasteiger partial charge in [-0.15, -0.1) is 0 Å². The molecule has 0 atom stereocenters. The summed E-state index contributed by atoms with van der Waals surface area (Å²) in [4.78, 5) is 12.8. The van der Waals surface area contributed by atoms with E-state index in [1.54, 1.807) is 6.92 Å². The SMILES string of the molecule is Cc1ccc([N+](=O)[O-])cc1S(=O)(=O)NCC1(N2CCOCC2)CCCCC1. The largest absolute Gasteiger partial charge is 0.379 e. The third-order valence-corrected chi connectivity index (χ3v) is 7.27. The van der Waals surface area contributed by atoms with Crippen LogP contribution < -0.4 is 4.72 Å². The van der Waals surface area contributed by atoms with Crippen molar-refractivity contribution in [3.8, 4) is 0 Å². The molecule has 3 rings (SSSR count). The first-order chi connectivity index (χ1) is 12.8. The Kier molecular flexibility index (Phi) is 6.15. The van der Waals surface area contributed by atoms with Crippen molar-refractivity contribution in [3.05, 3.63) is 33.9 Å². The van der Waals surface area contributed by atoms with E-state index in [0.29, 0.717) is 25.3 Å². The summed E-state index contributed by atoms with van der Waals surface area (Å²) in [5.41, 5.74) is 0.0719. The number of benzene rings is 1. The molecular formula is C18H27N3O5S. The molecule has 1 aromatic carbocycles. The van der Waals surface area contributed by atoms with Gasteiger partial charge in [0, 0.05) is 37.3 Å². The zero-order valence-corrected chi connectivity index (χ0v) is 16.5. The molecule has 0 aromatic heterocycles. The average molecular weight is 397 g/mol. The molecule has 1 aliphatic carbocycles. The van der Waals surface area contributed by atoms with Gasteiger partial charge in [-0.3, -0.25) is 15.0 Å². The van der Waals surface area contributed by atoms with Gasteiger partial charge in [-0.2, -0.15) is 0 Å². The lowest BCUT2D eigenvalue weighted by atomic mass is 9.80. The summed E-state index contributed by atoms with van der Waals surface area (Å²) in [5, 5.41) is 11.0. The number of aryl methyl sites for hydroxylation is 1. The Hall–Kier alpha value is -1.55. The Bertz CT molecular complexity index is 784. The van der Waals surface area contributed by atoms with Crippen molar-refractivity contribution < 1.29 is 18.1 Å². The second-order valence-corrected chi connectivity index (χ2v) is 9.15. The highest BCUT2D eigenvalue weighted by Gasteiger charge is 2.39. The van der Waals surface area contributed by atoms with Crippen LogP contribution in [0.4, 0.5) is 5.69 Å². The van der Waals surface area contributed by atoms with Crippen LogP contribution in [0.1, 0.15) is 37.7 Å². The summed E-state index contributed by atoms with van der Waals surface area (Å²) in [6.45, 7) is 4.90. The van der Waals surface area contributed by atoms with Gasteiger partial charge in [-0.1, -0.05) is 25.3 Å². The number of rotatable bonds is 6. The van der Waals surface area contributed by atoms with Gasteiger partial charge in [-0.05, 0) is 25.3 Å². The third kappa shape index (κ3) is 4.48. The van der Waals surface area contributed by atoms with Crippen LogP contribution in [0.5, 0.6) is 0 Å². The Morgan fingerprint density at radius 2 is 1.89 bits per heavy atom. The van der Waals surface area contributed by atoms with Crippen LogP contribution in [-0.4, -0.2) is 56.6 Å². The number of hydrogen-bond acceptors (Lipinski definition) is 6. The number of morpholine rings is 1. The fraction of sp³-hybridized carbons (Fsp3) is 0.667. The molecule has 0 radical (unpaired) electrons. The molecule has 0 spiro atoms. The first kappa shape index (κ1) is 20.2. The molecule has 2 aliphatic rings. The van der Waals surface area contributed by atoms with Gasteiger partial charge in [0.05, 0.1) is 23.0 Å². The van der Waals surface area contributed by atoms with Gasteiger partial charge in [0.15, 0.2) is 0 Å². The number of hydrogen-bond donors (Lipinski definition) is 1. The summed E-state index contributed by atoms with van der Waals surface area (Å²) in [6.07, 6.45) is 5.22. The lowest BCUT2D eigenvalue weighted by Gasteiger charge is -2.48. The molecule has 1 saturated carbocycles. The smallest absolute Gasteiger partial charge is 0.270 e. The highest BCUT2D eigenvalue weighted by atomic mass is 32.2. The molecule has 1 N–H and O–H groups in total. The van der Waals surface area contributed by atoms with E-state index in [1.807, 2.05) is 0 Å². The maximum Gasteiger partial charge on any atom is 0.270 e.